The van der Waals surface area contributed by atoms with E-state index in [0.717, 1.165) is 5.56 Å². The molecule has 1 aliphatic heterocycles. The van der Waals surface area contributed by atoms with Crippen molar-refractivity contribution in [3.63, 3.8) is 0 Å². The van der Waals surface area contributed by atoms with Crippen LogP contribution in [0.3, 0.4) is 0 Å². The maximum Gasteiger partial charge on any atom is 0.339 e. The molecule has 114 valence electrons. The number of carbonyl (C=O) groups is 2. The number of benzene rings is 1. The minimum atomic E-state index is -0.775. The lowest BCUT2D eigenvalue weighted by Gasteiger charge is -2.25. The van der Waals surface area contributed by atoms with Crippen molar-refractivity contribution >= 4 is 11.9 Å². The van der Waals surface area contributed by atoms with Crippen molar-refractivity contribution in [2.75, 3.05) is 0 Å². The van der Waals surface area contributed by atoms with Gasteiger partial charge in [-0.05, 0) is 24.6 Å². The smallest absolute Gasteiger partial charge is 0.339 e. The molecule has 1 aromatic carbocycles. The second-order valence-electron chi connectivity index (χ2n) is 5.39. The maximum atomic E-state index is 12.3. The van der Waals surface area contributed by atoms with Crippen molar-refractivity contribution in [3.8, 4) is 0 Å². The van der Waals surface area contributed by atoms with Gasteiger partial charge >= 0.3 is 5.97 Å². The fraction of sp³-hybridized carbons (Fsp3) is 0.312. The first kappa shape index (κ1) is 14.3. The van der Waals surface area contributed by atoms with Crippen LogP contribution in [0.15, 0.2) is 42.7 Å². The first-order valence-corrected chi connectivity index (χ1v) is 7.20. The number of aromatic nitrogens is 2. The highest BCUT2D eigenvalue weighted by atomic mass is 16.5. The summed E-state index contributed by atoms with van der Waals surface area (Å²) in [5.74, 6) is -0.718. The summed E-state index contributed by atoms with van der Waals surface area (Å²) in [5.41, 5.74) is 1.38. The molecule has 0 spiro atoms. The molecule has 0 fully saturated rings. The molecule has 1 aromatic heterocycles. The van der Waals surface area contributed by atoms with Gasteiger partial charge in [-0.3, -0.25) is 9.48 Å². The van der Waals surface area contributed by atoms with E-state index in [2.05, 4.69) is 10.4 Å². The molecule has 0 aliphatic carbocycles. The van der Waals surface area contributed by atoms with Crippen LogP contribution >= 0.6 is 0 Å². The third-order valence-corrected chi connectivity index (χ3v) is 3.59. The number of amides is 1. The fourth-order valence-corrected chi connectivity index (χ4v) is 2.55. The van der Waals surface area contributed by atoms with Crippen LogP contribution in [-0.2, 0) is 22.5 Å². The van der Waals surface area contributed by atoms with Gasteiger partial charge in [-0.1, -0.05) is 18.2 Å². The van der Waals surface area contributed by atoms with Gasteiger partial charge in [0.2, 0.25) is 0 Å². The van der Waals surface area contributed by atoms with E-state index < -0.39 is 12.1 Å². The molecule has 0 bridgehead atoms. The van der Waals surface area contributed by atoms with E-state index in [4.69, 9.17) is 4.74 Å². The van der Waals surface area contributed by atoms with Gasteiger partial charge in [0.05, 0.1) is 12.1 Å². The first-order chi connectivity index (χ1) is 10.6. The number of nitrogens with one attached hydrogen (secondary N) is 1. The van der Waals surface area contributed by atoms with Gasteiger partial charge in [0.15, 0.2) is 6.10 Å². The summed E-state index contributed by atoms with van der Waals surface area (Å²) in [6, 6.07) is 8.92. The Morgan fingerprint density at radius 1 is 1.45 bits per heavy atom. The second-order valence-corrected chi connectivity index (χ2v) is 5.39. The van der Waals surface area contributed by atoms with Crippen LogP contribution in [0.25, 0.3) is 0 Å². The Morgan fingerprint density at radius 3 is 3.05 bits per heavy atom. The van der Waals surface area contributed by atoms with Gasteiger partial charge in [-0.15, -0.1) is 0 Å². The topological polar surface area (TPSA) is 73.2 Å². The van der Waals surface area contributed by atoms with Crippen molar-refractivity contribution in [1.29, 1.82) is 0 Å². The zero-order valence-corrected chi connectivity index (χ0v) is 12.2. The van der Waals surface area contributed by atoms with Crippen LogP contribution < -0.4 is 5.32 Å². The summed E-state index contributed by atoms with van der Waals surface area (Å²) in [4.78, 5) is 24.2. The molecule has 2 atom stereocenters. The highest BCUT2D eigenvalue weighted by Gasteiger charge is 2.31. The summed E-state index contributed by atoms with van der Waals surface area (Å²) >= 11 is 0. The van der Waals surface area contributed by atoms with E-state index >= 15 is 0 Å². The van der Waals surface area contributed by atoms with E-state index in [1.807, 2.05) is 31.3 Å². The Morgan fingerprint density at radius 2 is 2.27 bits per heavy atom. The number of cyclic esters (lactones) is 1. The molecule has 0 saturated carbocycles. The summed E-state index contributed by atoms with van der Waals surface area (Å²) in [7, 11) is 0. The Bertz CT molecular complexity index is 682. The summed E-state index contributed by atoms with van der Waals surface area (Å²) in [5, 5.41) is 6.96. The van der Waals surface area contributed by atoms with E-state index in [0.29, 0.717) is 18.5 Å². The van der Waals surface area contributed by atoms with E-state index in [-0.39, 0.29) is 11.9 Å². The van der Waals surface area contributed by atoms with Gasteiger partial charge in [0.1, 0.15) is 0 Å². The van der Waals surface area contributed by atoms with Crippen molar-refractivity contribution < 1.29 is 14.3 Å². The average molecular weight is 299 g/mol. The highest BCUT2D eigenvalue weighted by Crippen LogP contribution is 2.20. The Hall–Kier alpha value is -2.63. The second kappa shape index (κ2) is 6.01. The van der Waals surface area contributed by atoms with Gasteiger partial charge in [0.25, 0.3) is 5.91 Å². The van der Waals surface area contributed by atoms with Crippen molar-refractivity contribution in [3.05, 3.63) is 53.9 Å². The number of hydrogen-bond donors (Lipinski definition) is 1. The Balaban J connectivity index is 1.62. The SMILES string of the molecule is C[C@@H](Cn1cccn1)NC(=O)[C@H]1Cc2ccccc2C(=O)O1. The number of rotatable bonds is 4. The molecule has 1 aliphatic rings. The lowest BCUT2D eigenvalue weighted by atomic mass is 9.98. The van der Waals surface area contributed by atoms with Crippen LogP contribution in [0.1, 0.15) is 22.8 Å². The molecule has 0 unspecified atom stereocenters. The molecule has 6 nitrogen and oxygen atoms in total. The fourth-order valence-electron chi connectivity index (χ4n) is 2.55. The van der Waals surface area contributed by atoms with Gasteiger partial charge in [0, 0.05) is 24.9 Å². The number of hydrogen-bond acceptors (Lipinski definition) is 4. The molecule has 2 heterocycles. The third-order valence-electron chi connectivity index (χ3n) is 3.59. The van der Waals surface area contributed by atoms with Gasteiger partial charge in [-0.25, -0.2) is 4.79 Å². The van der Waals surface area contributed by atoms with E-state index in [1.54, 1.807) is 23.0 Å². The van der Waals surface area contributed by atoms with E-state index in [9.17, 15) is 9.59 Å². The number of fused-ring (bicyclic) bond motifs is 1. The lowest BCUT2D eigenvalue weighted by Crippen LogP contribution is -2.46. The molecule has 22 heavy (non-hydrogen) atoms. The van der Waals surface area contributed by atoms with Crippen LogP contribution in [0.5, 0.6) is 0 Å². The van der Waals surface area contributed by atoms with Crippen molar-refractivity contribution in [2.24, 2.45) is 0 Å². The molecular weight excluding hydrogens is 282 g/mol. The highest BCUT2D eigenvalue weighted by molar-refractivity contribution is 5.95. The van der Waals surface area contributed by atoms with Gasteiger partial charge < -0.3 is 10.1 Å². The van der Waals surface area contributed by atoms with Crippen molar-refractivity contribution in [1.82, 2.24) is 15.1 Å². The number of ether oxygens (including phenoxy) is 1. The minimum absolute atomic E-state index is 0.108. The summed E-state index contributed by atoms with van der Waals surface area (Å²) in [6.07, 6.45) is 3.15. The number of esters is 1. The molecule has 0 radical (unpaired) electrons. The van der Waals surface area contributed by atoms with Gasteiger partial charge in [-0.2, -0.15) is 5.10 Å². The zero-order chi connectivity index (χ0) is 15.5. The van der Waals surface area contributed by atoms with Crippen molar-refractivity contribution in [2.45, 2.75) is 32.0 Å². The van der Waals surface area contributed by atoms with Crippen LogP contribution in [0.2, 0.25) is 0 Å². The largest absolute Gasteiger partial charge is 0.448 e. The quantitative estimate of drug-likeness (QED) is 0.860. The minimum Gasteiger partial charge on any atom is -0.448 e. The molecule has 1 N–H and O–H groups in total. The standard InChI is InChI=1S/C16H17N3O3/c1-11(10-19-8-4-7-17-19)18-15(20)14-9-12-5-2-3-6-13(12)16(21)22-14/h2-8,11,14H,9-10H2,1H3,(H,18,20)/t11-,14+/m0/s1. The Kier molecular flexibility index (Phi) is 3.91. The first-order valence-electron chi connectivity index (χ1n) is 7.20. The molecule has 0 saturated heterocycles. The number of carbonyl (C=O) groups excluding carboxylic acids is 2. The normalized spacial score (nSPS) is 18.2. The molecule has 2 aromatic rings. The lowest BCUT2D eigenvalue weighted by molar-refractivity contribution is -0.131. The zero-order valence-electron chi connectivity index (χ0n) is 12.2. The molecule has 1 amide bonds. The van der Waals surface area contributed by atoms with E-state index in [1.165, 1.54) is 0 Å². The third kappa shape index (κ3) is 3.00. The monoisotopic (exact) mass is 299 g/mol. The molecule has 3 rings (SSSR count). The molecular formula is C16H17N3O3. The Labute approximate surface area is 128 Å². The summed E-state index contributed by atoms with van der Waals surface area (Å²) in [6.45, 7) is 2.45. The average Bonchev–Trinajstić information content (AvgIpc) is 3.00. The van der Waals surface area contributed by atoms with Crippen LogP contribution in [0.4, 0.5) is 0 Å². The predicted molar refractivity (Wildman–Crippen MR) is 79.2 cm³/mol. The summed E-state index contributed by atoms with van der Waals surface area (Å²) < 4.78 is 6.98. The number of nitrogens with zero attached hydrogens (tertiary/aromatic N) is 2. The maximum absolute atomic E-state index is 12.3. The predicted octanol–water partition coefficient (Wildman–Crippen LogP) is 1.17. The molecule has 6 heteroatoms. The van der Waals surface area contributed by atoms with Crippen LogP contribution in [-0.4, -0.2) is 33.8 Å². The van der Waals surface area contributed by atoms with Crippen LogP contribution in [0, 0.1) is 0 Å².